The molecule has 4 fully saturated rings. The molecule has 0 amide bonds. The zero-order valence-corrected chi connectivity index (χ0v) is 14.6. The summed E-state index contributed by atoms with van der Waals surface area (Å²) in [4.78, 5) is 0. The Labute approximate surface area is 136 Å². The van der Waals surface area contributed by atoms with E-state index < -0.39 is 0 Å². The Hall–Kier alpha value is -0.300. The Morgan fingerprint density at radius 1 is 1.18 bits per heavy atom. The maximum Gasteiger partial charge on any atom is 0.0459 e. The van der Waals surface area contributed by atoms with Crippen molar-refractivity contribution >= 4 is 0 Å². The van der Waals surface area contributed by atoms with Gasteiger partial charge in [0.05, 0.1) is 0 Å². The van der Waals surface area contributed by atoms with E-state index in [-0.39, 0.29) is 0 Å². The second-order valence-corrected chi connectivity index (χ2v) is 9.45. The Morgan fingerprint density at radius 2 is 2.00 bits per heavy atom. The summed E-state index contributed by atoms with van der Waals surface area (Å²) in [6, 6.07) is 0. The molecule has 8 atom stereocenters. The molecule has 0 aliphatic heterocycles. The van der Waals surface area contributed by atoms with Gasteiger partial charge < -0.3 is 5.11 Å². The second-order valence-electron chi connectivity index (χ2n) is 9.45. The van der Waals surface area contributed by atoms with Crippen molar-refractivity contribution in [3.8, 4) is 0 Å². The van der Waals surface area contributed by atoms with Crippen LogP contribution < -0.4 is 0 Å². The molecule has 1 heteroatoms. The molecule has 4 saturated carbocycles. The van der Waals surface area contributed by atoms with E-state index in [4.69, 9.17) is 0 Å². The highest BCUT2D eigenvalue weighted by Gasteiger charge is 2.68. The molecule has 0 unspecified atom stereocenters. The molecule has 4 rings (SSSR count). The molecule has 124 valence electrons. The van der Waals surface area contributed by atoms with Gasteiger partial charge in [0.2, 0.25) is 0 Å². The van der Waals surface area contributed by atoms with E-state index in [1.807, 2.05) is 0 Å². The first kappa shape index (κ1) is 15.2. The third kappa shape index (κ3) is 2.14. The van der Waals surface area contributed by atoms with Crippen molar-refractivity contribution in [2.45, 2.75) is 65.2 Å². The van der Waals surface area contributed by atoms with Crippen LogP contribution in [0.3, 0.4) is 0 Å². The van der Waals surface area contributed by atoms with E-state index in [1.165, 1.54) is 51.4 Å². The Morgan fingerprint density at radius 3 is 2.77 bits per heavy atom. The van der Waals surface area contributed by atoms with E-state index >= 15 is 0 Å². The van der Waals surface area contributed by atoms with Gasteiger partial charge in [-0.05, 0) is 91.8 Å². The highest BCUT2D eigenvalue weighted by atomic mass is 16.3. The van der Waals surface area contributed by atoms with Gasteiger partial charge in [-0.3, -0.25) is 0 Å². The molecule has 4 aliphatic carbocycles. The minimum atomic E-state index is 0.418. The Kier molecular flexibility index (Phi) is 3.72. The quantitative estimate of drug-likeness (QED) is 0.708. The first-order valence-electron chi connectivity index (χ1n) is 9.84. The highest BCUT2D eigenvalue weighted by Crippen LogP contribution is 2.74. The molecule has 0 radical (unpaired) electrons. The normalized spacial score (nSPS) is 54.5. The fraction of sp³-hybridized carbons (Fsp3) is 0.905. The maximum atomic E-state index is 9.61. The lowest BCUT2D eigenvalue weighted by atomic mass is 9.70. The van der Waals surface area contributed by atoms with Crippen LogP contribution in [0.15, 0.2) is 12.2 Å². The predicted molar refractivity (Wildman–Crippen MR) is 91.4 cm³/mol. The topological polar surface area (TPSA) is 20.2 Å². The number of allylic oxidation sites excluding steroid dienone is 1. The van der Waals surface area contributed by atoms with Crippen LogP contribution in [0.4, 0.5) is 0 Å². The average molecular weight is 303 g/mol. The van der Waals surface area contributed by atoms with Crippen molar-refractivity contribution in [2.24, 2.45) is 46.8 Å². The number of rotatable bonds is 2. The maximum absolute atomic E-state index is 9.61. The average Bonchev–Trinajstić information content (AvgIpc) is 2.99. The fourth-order valence-electron chi connectivity index (χ4n) is 7.23. The number of aliphatic hydroxyl groups excluding tert-OH is 1. The molecule has 1 nitrogen and oxygen atoms in total. The third-order valence-corrected chi connectivity index (χ3v) is 8.37. The lowest BCUT2D eigenvalue weighted by molar-refractivity contribution is 0.111. The molecule has 0 heterocycles. The molecule has 0 spiro atoms. The number of aliphatic hydroxyl groups is 1. The summed E-state index contributed by atoms with van der Waals surface area (Å²) in [6.45, 7) is 9.96. The van der Waals surface area contributed by atoms with Crippen molar-refractivity contribution in [3.63, 3.8) is 0 Å². The number of hydrogen-bond acceptors (Lipinski definition) is 1. The van der Waals surface area contributed by atoms with Crippen molar-refractivity contribution in [1.29, 1.82) is 0 Å². The van der Waals surface area contributed by atoms with E-state index in [2.05, 4.69) is 20.4 Å². The van der Waals surface area contributed by atoms with Crippen LogP contribution in [0.2, 0.25) is 0 Å². The molecule has 22 heavy (non-hydrogen) atoms. The van der Waals surface area contributed by atoms with Gasteiger partial charge in [-0.1, -0.05) is 32.4 Å². The van der Waals surface area contributed by atoms with Crippen molar-refractivity contribution in [1.82, 2.24) is 0 Å². The van der Waals surface area contributed by atoms with E-state index in [0.717, 1.165) is 35.5 Å². The first-order valence-corrected chi connectivity index (χ1v) is 9.84. The van der Waals surface area contributed by atoms with Gasteiger partial charge >= 0.3 is 0 Å². The van der Waals surface area contributed by atoms with Crippen LogP contribution in [-0.4, -0.2) is 11.7 Å². The Bertz CT molecular complexity index is 455. The summed E-state index contributed by atoms with van der Waals surface area (Å²) in [5.41, 5.74) is 2.18. The second kappa shape index (κ2) is 5.36. The van der Waals surface area contributed by atoms with E-state index in [9.17, 15) is 5.11 Å². The smallest absolute Gasteiger partial charge is 0.0459 e. The standard InChI is InChI=1S/C21H34O/c1-13-9-17-14(2)7-8-19-20(18(17)10-13)21(19,3)16-6-4-5-15(11-16)12-22/h13,15-20,22H,2,4-12H2,1,3H3/t13-,15+,16-,17+,18+,19+,20-,21+/m0/s1. The lowest BCUT2D eigenvalue weighted by Crippen LogP contribution is -2.28. The minimum Gasteiger partial charge on any atom is -0.396 e. The first-order chi connectivity index (χ1) is 10.6. The van der Waals surface area contributed by atoms with Crippen LogP contribution in [-0.2, 0) is 0 Å². The largest absolute Gasteiger partial charge is 0.396 e. The predicted octanol–water partition coefficient (Wildman–Crippen LogP) is 5.05. The van der Waals surface area contributed by atoms with Crippen molar-refractivity contribution in [2.75, 3.05) is 6.61 Å². The van der Waals surface area contributed by atoms with Gasteiger partial charge in [0.25, 0.3) is 0 Å². The summed E-state index contributed by atoms with van der Waals surface area (Å²) in [5, 5.41) is 9.61. The van der Waals surface area contributed by atoms with Gasteiger partial charge in [0.15, 0.2) is 0 Å². The van der Waals surface area contributed by atoms with E-state index in [1.54, 1.807) is 5.57 Å². The summed E-state index contributed by atoms with van der Waals surface area (Å²) in [6.07, 6.45) is 10.9. The summed E-state index contributed by atoms with van der Waals surface area (Å²) >= 11 is 0. The van der Waals surface area contributed by atoms with Gasteiger partial charge in [-0.25, -0.2) is 0 Å². The molecule has 0 aromatic heterocycles. The number of fused-ring (bicyclic) bond motifs is 3. The van der Waals surface area contributed by atoms with E-state index in [0.29, 0.717) is 17.9 Å². The zero-order chi connectivity index (χ0) is 15.5. The number of hydrogen-bond donors (Lipinski definition) is 1. The molecule has 0 bridgehead atoms. The fourth-order valence-corrected chi connectivity index (χ4v) is 7.23. The molecule has 0 aromatic carbocycles. The van der Waals surface area contributed by atoms with Crippen molar-refractivity contribution < 1.29 is 5.11 Å². The highest BCUT2D eigenvalue weighted by molar-refractivity contribution is 5.22. The minimum absolute atomic E-state index is 0.418. The monoisotopic (exact) mass is 302 g/mol. The molecular formula is C21H34O. The summed E-state index contributed by atoms with van der Waals surface area (Å²) in [7, 11) is 0. The lowest BCUT2D eigenvalue weighted by Gasteiger charge is -2.35. The summed E-state index contributed by atoms with van der Waals surface area (Å²) < 4.78 is 0. The van der Waals surface area contributed by atoms with Crippen LogP contribution in [0, 0.1) is 46.8 Å². The molecule has 0 saturated heterocycles. The molecular weight excluding hydrogens is 268 g/mol. The summed E-state index contributed by atoms with van der Waals surface area (Å²) in [5.74, 6) is 6.10. The third-order valence-electron chi connectivity index (χ3n) is 8.37. The Balaban J connectivity index is 1.56. The molecule has 1 N–H and O–H groups in total. The molecule has 0 aromatic rings. The van der Waals surface area contributed by atoms with Crippen LogP contribution in [0.25, 0.3) is 0 Å². The van der Waals surface area contributed by atoms with Gasteiger partial charge in [-0.2, -0.15) is 0 Å². The van der Waals surface area contributed by atoms with Gasteiger partial charge in [-0.15, -0.1) is 0 Å². The van der Waals surface area contributed by atoms with Crippen LogP contribution in [0.1, 0.15) is 65.2 Å². The van der Waals surface area contributed by atoms with Crippen LogP contribution in [0.5, 0.6) is 0 Å². The van der Waals surface area contributed by atoms with Gasteiger partial charge in [0, 0.05) is 6.61 Å². The molecule has 4 aliphatic rings. The van der Waals surface area contributed by atoms with Crippen LogP contribution >= 0.6 is 0 Å². The SMILES string of the molecule is C=C1CC[C@@H]2[C@H]([C@@H]3C[C@@H](C)C[C@H]13)[C@]2(C)[C@H]1CCC[C@@H](CO)C1. The zero-order valence-electron chi connectivity index (χ0n) is 14.6. The van der Waals surface area contributed by atoms with Crippen molar-refractivity contribution in [3.05, 3.63) is 12.2 Å². The van der Waals surface area contributed by atoms with Gasteiger partial charge in [0.1, 0.15) is 0 Å².